The molecule has 1 N–H and O–H groups in total. The van der Waals surface area contributed by atoms with Crippen molar-refractivity contribution in [3.63, 3.8) is 0 Å². The molecular weight excluding hydrogens is 290 g/mol. The predicted octanol–water partition coefficient (Wildman–Crippen LogP) is 2.12. The topological polar surface area (TPSA) is 56.7 Å². The number of rotatable bonds is 3. The van der Waals surface area contributed by atoms with Crippen molar-refractivity contribution in [2.45, 2.75) is 57.6 Å². The first-order valence-electron chi connectivity index (χ1n) is 8.67. The fourth-order valence-corrected chi connectivity index (χ4v) is 3.83. The molecule has 5 nitrogen and oxygen atoms in total. The largest absolute Gasteiger partial charge is 0.389 e. The van der Waals surface area contributed by atoms with Gasteiger partial charge in [-0.3, -0.25) is 4.79 Å². The molecule has 5 heteroatoms. The maximum atomic E-state index is 12.6. The first-order chi connectivity index (χ1) is 11.0. The molecule has 1 saturated heterocycles. The Morgan fingerprint density at radius 2 is 2.09 bits per heavy atom. The monoisotopic (exact) mass is 317 g/mol. The smallest absolute Gasteiger partial charge is 0.225 e. The van der Waals surface area contributed by atoms with E-state index in [1.54, 1.807) is 0 Å². The molecule has 1 amide bonds. The third kappa shape index (κ3) is 3.66. The van der Waals surface area contributed by atoms with Gasteiger partial charge in [-0.15, -0.1) is 0 Å². The Bertz CT molecular complexity index is 569. The number of hydrogen-bond acceptors (Lipinski definition) is 4. The molecule has 0 bridgehead atoms. The molecule has 1 aromatic rings. The second-order valence-electron chi connectivity index (χ2n) is 7.13. The van der Waals surface area contributed by atoms with Crippen LogP contribution >= 0.6 is 0 Å². The summed E-state index contributed by atoms with van der Waals surface area (Å²) in [5.41, 5.74) is 0.253. The summed E-state index contributed by atoms with van der Waals surface area (Å²) in [5.74, 6) is 1.08. The minimum Gasteiger partial charge on any atom is -0.389 e. The molecule has 0 aromatic carbocycles. The molecule has 2 aliphatic rings. The van der Waals surface area contributed by atoms with Gasteiger partial charge < -0.3 is 14.9 Å². The zero-order chi connectivity index (χ0) is 16.4. The molecule has 1 aliphatic heterocycles. The van der Waals surface area contributed by atoms with Crippen molar-refractivity contribution in [1.29, 1.82) is 0 Å². The first kappa shape index (κ1) is 16.2. The zero-order valence-corrected chi connectivity index (χ0v) is 14.2. The third-order valence-corrected chi connectivity index (χ3v) is 5.16. The number of aliphatic hydroxyl groups is 1. The van der Waals surface area contributed by atoms with Gasteiger partial charge in [0.15, 0.2) is 0 Å². The van der Waals surface area contributed by atoms with Gasteiger partial charge >= 0.3 is 0 Å². The Labute approximate surface area is 138 Å². The Balaban J connectivity index is 1.61. The summed E-state index contributed by atoms with van der Waals surface area (Å²) in [7, 11) is 0. The summed E-state index contributed by atoms with van der Waals surface area (Å²) in [5, 5.41) is 10.5. The second-order valence-corrected chi connectivity index (χ2v) is 7.13. The number of nitrogens with zero attached hydrogens (tertiary/aromatic N) is 3. The fourth-order valence-electron chi connectivity index (χ4n) is 3.83. The number of pyridine rings is 1. The van der Waals surface area contributed by atoms with E-state index in [0.717, 1.165) is 50.3 Å². The van der Waals surface area contributed by atoms with Gasteiger partial charge in [-0.1, -0.05) is 18.9 Å². The van der Waals surface area contributed by atoms with Gasteiger partial charge in [0.1, 0.15) is 5.82 Å². The second kappa shape index (κ2) is 6.48. The number of carbonyl (C=O) groups is 1. The van der Waals surface area contributed by atoms with Crippen LogP contribution in [-0.2, 0) is 4.79 Å². The van der Waals surface area contributed by atoms with Gasteiger partial charge in [0.25, 0.3) is 0 Å². The van der Waals surface area contributed by atoms with E-state index in [-0.39, 0.29) is 18.4 Å². The van der Waals surface area contributed by atoms with E-state index in [1.165, 1.54) is 0 Å². The van der Waals surface area contributed by atoms with E-state index < -0.39 is 5.60 Å². The number of amides is 1. The Morgan fingerprint density at radius 1 is 1.35 bits per heavy atom. The van der Waals surface area contributed by atoms with E-state index in [9.17, 15) is 9.90 Å². The lowest BCUT2D eigenvalue weighted by atomic mass is 9.96. The highest BCUT2D eigenvalue weighted by Crippen LogP contribution is 2.33. The van der Waals surface area contributed by atoms with E-state index in [1.807, 2.05) is 30.0 Å². The summed E-state index contributed by atoms with van der Waals surface area (Å²) < 4.78 is 0. The molecular formula is C18H27N3O2. The van der Waals surface area contributed by atoms with E-state index >= 15 is 0 Å². The van der Waals surface area contributed by atoms with Gasteiger partial charge in [-0.2, -0.15) is 0 Å². The van der Waals surface area contributed by atoms with E-state index in [0.29, 0.717) is 6.54 Å². The first-order valence-corrected chi connectivity index (χ1v) is 8.67. The quantitative estimate of drug-likeness (QED) is 0.928. The Morgan fingerprint density at radius 3 is 2.74 bits per heavy atom. The molecule has 1 aromatic heterocycles. The fraction of sp³-hybridized carbons (Fsp3) is 0.667. The lowest BCUT2D eigenvalue weighted by molar-refractivity contribution is -0.138. The van der Waals surface area contributed by atoms with Crippen LogP contribution in [0.15, 0.2) is 18.2 Å². The third-order valence-electron chi connectivity index (χ3n) is 5.16. The van der Waals surface area contributed by atoms with Crippen molar-refractivity contribution < 1.29 is 9.90 Å². The zero-order valence-electron chi connectivity index (χ0n) is 14.2. The van der Waals surface area contributed by atoms with Gasteiger partial charge in [0, 0.05) is 31.4 Å². The number of piperazine rings is 1. The molecule has 0 radical (unpaired) electrons. The molecule has 3 rings (SSSR count). The molecule has 1 saturated carbocycles. The van der Waals surface area contributed by atoms with Gasteiger partial charge in [0.2, 0.25) is 5.91 Å². The van der Waals surface area contributed by atoms with Gasteiger partial charge in [-0.05, 0) is 38.8 Å². The minimum absolute atomic E-state index is 0.0961. The highest BCUT2D eigenvalue weighted by molar-refractivity contribution is 5.78. The van der Waals surface area contributed by atoms with Crippen molar-refractivity contribution in [3.8, 4) is 0 Å². The number of hydrogen-bond donors (Lipinski definition) is 1. The lowest BCUT2D eigenvalue weighted by Gasteiger charge is -2.41. The van der Waals surface area contributed by atoms with Crippen LogP contribution in [0.3, 0.4) is 0 Å². The summed E-state index contributed by atoms with van der Waals surface area (Å²) in [6.07, 6.45) is 3.87. The number of anilines is 1. The lowest BCUT2D eigenvalue weighted by Crippen LogP contribution is -2.55. The minimum atomic E-state index is -0.758. The SMILES string of the molecule is Cc1cccc(N2CCN(C(=O)CC3(O)CCCC3)[C@@H](C)C2)n1. The maximum Gasteiger partial charge on any atom is 0.225 e. The van der Waals surface area contributed by atoms with Crippen LogP contribution in [0.5, 0.6) is 0 Å². The molecule has 126 valence electrons. The van der Waals surface area contributed by atoms with Crippen molar-refractivity contribution in [1.82, 2.24) is 9.88 Å². The molecule has 23 heavy (non-hydrogen) atoms. The average Bonchev–Trinajstić information content (AvgIpc) is 2.93. The van der Waals surface area contributed by atoms with Crippen molar-refractivity contribution in [2.24, 2.45) is 0 Å². The van der Waals surface area contributed by atoms with Crippen LogP contribution in [-0.4, -0.2) is 52.2 Å². The van der Waals surface area contributed by atoms with Crippen LogP contribution in [0, 0.1) is 6.92 Å². The van der Waals surface area contributed by atoms with Crippen molar-refractivity contribution in [3.05, 3.63) is 23.9 Å². The van der Waals surface area contributed by atoms with Crippen molar-refractivity contribution in [2.75, 3.05) is 24.5 Å². The summed E-state index contributed by atoms with van der Waals surface area (Å²) >= 11 is 0. The summed E-state index contributed by atoms with van der Waals surface area (Å²) in [6.45, 7) is 6.37. The van der Waals surface area contributed by atoms with E-state index in [4.69, 9.17) is 0 Å². The predicted molar refractivity (Wildman–Crippen MR) is 90.4 cm³/mol. The highest BCUT2D eigenvalue weighted by atomic mass is 16.3. The maximum absolute atomic E-state index is 12.6. The molecule has 0 unspecified atom stereocenters. The number of aromatic nitrogens is 1. The van der Waals surface area contributed by atoms with Crippen molar-refractivity contribution >= 4 is 11.7 Å². The molecule has 2 heterocycles. The Hall–Kier alpha value is -1.62. The highest BCUT2D eigenvalue weighted by Gasteiger charge is 2.37. The van der Waals surface area contributed by atoms with Crippen LogP contribution < -0.4 is 4.90 Å². The van der Waals surface area contributed by atoms with Gasteiger partial charge in [0.05, 0.1) is 12.0 Å². The molecule has 2 fully saturated rings. The van der Waals surface area contributed by atoms with Crippen LogP contribution in [0.2, 0.25) is 0 Å². The normalized spacial score (nSPS) is 24.0. The number of carbonyl (C=O) groups excluding carboxylic acids is 1. The van der Waals surface area contributed by atoms with Crippen LogP contribution in [0.4, 0.5) is 5.82 Å². The molecule has 1 aliphatic carbocycles. The molecule has 0 spiro atoms. The summed E-state index contributed by atoms with van der Waals surface area (Å²) in [4.78, 5) is 21.4. The van der Waals surface area contributed by atoms with E-state index in [2.05, 4.69) is 16.8 Å². The summed E-state index contributed by atoms with van der Waals surface area (Å²) in [6, 6.07) is 6.19. The molecule has 1 atom stereocenters. The Kier molecular flexibility index (Phi) is 4.57. The average molecular weight is 317 g/mol. The van der Waals surface area contributed by atoms with Crippen LogP contribution in [0.1, 0.15) is 44.7 Å². The van der Waals surface area contributed by atoms with Crippen LogP contribution in [0.25, 0.3) is 0 Å². The standard InChI is InChI=1S/C18H27N3O2/c1-14-6-5-7-16(19-14)20-10-11-21(15(2)13-20)17(22)12-18(23)8-3-4-9-18/h5-7,15,23H,3-4,8-13H2,1-2H3/t15-/m0/s1. The number of aryl methyl sites for hydroxylation is 1. The van der Waals surface area contributed by atoms with Gasteiger partial charge in [-0.25, -0.2) is 4.98 Å².